The van der Waals surface area contributed by atoms with E-state index in [4.69, 9.17) is 18.9 Å². The Kier molecular flexibility index (Phi) is 7.30. The molecule has 0 amide bonds. The molecular formula is C28H30O6. The van der Waals surface area contributed by atoms with Gasteiger partial charge in [0.05, 0.1) is 0 Å². The third kappa shape index (κ3) is 7.37. The molecule has 0 atom stereocenters. The summed E-state index contributed by atoms with van der Waals surface area (Å²) < 4.78 is 20.9. The monoisotopic (exact) mass is 462 g/mol. The van der Waals surface area contributed by atoms with Crippen molar-refractivity contribution in [2.75, 3.05) is 0 Å². The van der Waals surface area contributed by atoms with Crippen LogP contribution in [0.1, 0.15) is 41.5 Å². The first-order valence-corrected chi connectivity index (χ1v) is 11.0. The van der Waals surface area contributed by atoms with Crippen LogP contribution >= 0.6 is 0 Å². The number of ether oxygens (including phenoxy) is 4. The molecule has 0 aromatic heterocycles. The summed E-state index contributed by atoms with van der Waals surface area (Å²) in [4.78, 5) is 23.8. The van der Waals surface area contributed by atoms with Crippen LogP contribution in [0.25, 0.3) is 22.3 Å². The molecule has 0 aliphatic carbocycles. The highest BCUT2D eigenvalue weighted by atomic mass is 16.7. The van der Waals surface area contributed by atoms with Gasteiger partial charge in [-0.05, 0) is 88.1 Å². The minimum absolute atomic E-state index is 0.402. The van der Waals surface area contributed by atoms with Gasteiger partial charge >= 0.3 is 12.3 Å². The van der Waals surface area contributed by atoms with Crippen LogP contribution < -0.4 is 9.47 Å². The van der Waals surface area contributed by atoms with Gasteiger partial charge in [-0.15, -0.1) is 0 Å². The summed E-state index contributed by atoms with van der Waals surface area (Å²) in [5.74, 6) is 0.804. The Balaban J connectivity index is 1.76. The van der Waals surface area contributed by atoms with E-state index in [1.807, 2.05) is 48.5 Å². The van der Waals surface area contributed by atoms with E-state index in [1.165, 1.54) is 0 Å². The van der Waals surface area contributed by atoms with Crippen LogP contribution in [0.5, 0.6) is 11.5 Å². The van der Waals surface area contributed by atoms with Gasteiger partial charge in [0.25, 0.3) is 0 Å². The average Bonchev–Trinajstić information content (AvgIpc) is 2.72. The van der Waals surface area contributed by atoms with Crippen molar-refractivity contribution in [2.45, 2.75) is 52.7 Å². The van der Waals surface area contributed by atoms with Gasteiger partial charge in [0, 0.05) is 0 Å². The largest absolute Gasteiger partial charge is 0.514 e. The molecule has 0 unspecified atom stereocenters. The van der Waals surface area contributed by atoms with E-state index in [0.29, 0.717) is 11.5 Å². The van der Waals surface area contributed by atoms with E-state index in [0.717, 1.165) is 22.3 Å². The van der Waals surface area contributed by atoms with Crippen molar-refractivity contribution in [1.29, 1.82) is 0 Å². The first-order valence-electron chi connectivity index (χ1n) is 11.0. The second-order valence-electron chi connectivity index (χ2n) is 9.73. The molecule has 0 saturated carbocycles. The van der Waals surface area contributed by atoms with Crippen molar-refractivity contribution in [1.82, 2.24) is 0 Å². The number of carbonyl (C=O) groups is 2. The standard InChI is InChI=1S/C28H30O6/c1-27(2,3)33-25(29)31-21-15-11-19(12-16-21)23-9-7-8-10-24(23)20-13-17-22(18-14-20)32-26(30)34-28(4,5)6/h7-18H,1-6H3. The van der Waals surface area contributed by atoms with Gasteiger partial charge < -0.3 is 18.9 Å². The smallest absolute Gasteiger partial charge is 0.428 e. The Morgan fingerprint density at radius 2 is 0.853 bits per heavy atom. The molecule has 0 radical (unpaired) electrons. The SMILES string of the molecule is CC(C)(C)OC(=O)Oc1ccc(-c2ccccc2-c2ccc(OC(=O)OC(C)(C)C)cc2)cc1. The molecule has 0 bridgehead atoms. The van der Waals surface area contributed by atoms with Crippen LogP contribution in [0, 0.1) is 0 Å². The lowest BCUT2D eigenvalue weighted by Gasteiger charge is -2.19. The molecule has 0 fully saturated rings. The Hall–Kier alpha value is -3.80. The summed E-state index contributed by atoms with van der Waals surface area (Å²) in [6.07, 6.45) is -1.48. The van der Waals surface area contributed by atoms with Crippen molar-refractivity contribution < 1.29 is 28.5 Å². The second kappa shape index (κ2) is 10.00. The maximum Gasteiger partial charge on any atom is 0.514 e. The molecule has 3 aromatic rings. The molecule has 0 spiro atoms. The fraction of sp³-hybridized carbons (Fsp3) is 0.286. The highest BCUT2D eigenvalue weighted by Crippen LogP contribution is 2.34. The number of hydrogen-bond acceptors (Lipinski definition) is 6. The van der Waals surface area contributed by atoms with E-state index in [1.54, 1.807) is 65.8 Å². The molecule has 0 heterocycles. The van der Waals surface area contributed by atoms with Crippen molar-refractivity contribution in [2.24, 2.45) is 0 Å². The third-order valence-electron chi connectivity index (χ3n) is 4.44. The predicted molar refractivity (Wildman–Crippen MR) is 131 cm³/mol. The first-order chi connectivity index (χ1) is 15.9. The number of hydrogen-bond donors (Lipinski definition) is 0. The quantitative estimate of drug-likeness (QED) is 0.293. The second-order valence-corrected chi connectivity index (χ2v) is 9.73. The molecular weight excluding hydrogens is 432 g/mol. The van der Waals surface area contributed by atoms with Crippen LogP contribution in [-0.4, -0.2) is 23.5 Å². The van der Waals surface area contributed by atoms with Gasteiger partial charge in [-0.1, -0.05) is 48.5 Å². The molecule has 6 nitrogen and oxygen atoms in total. The summed E-state index contributed by atoms with van der Waals surface area (Å²) in [6, 6.07) is 22.4. The van der Waals surface area contributed by atoms with Crippen LogP contribution in [0.2, 0.25) is 0 Å². The molecule has 6 heteroatoms. The van der Waals surface area contributed by atoms with Crippen molar-refractivity contribution in [3.05, 3.63) is 72.8 Å². The van der Waals surface area contributed by atoms with Gasteiger partial charge in [0.15, 0.2) is 0 Å². The first kappa shape index (κ1) is 24.8. The van der Waals surface area contributed by atoms with Crippen molar-refractivity contribution >= 4 is 12.3 Å². The topological polar surface area (TPSA) is 71.1 Å². The minimum atomic E-state index is -0.741. The lowest BCUT2D eigenvalue weighted by Crippen LogP contribution is -2.25. The lowest BCUT2D eigenvalue weighted by molar-refractivity contribution is 0.0193. The Morgan fingerprint density at radius 1 is 0.529 bits per heavy atom. The number of rotatable bonds is 4. The molecule has 3 rings (SSSR count). The van der Waals surface area contributed by atoms with Crippen LogP contribution in [0.15, 0.2) is 72.8 Å². The fourth-order valence-corrected chi connectivity index (χ4v) is 3.13. The Labute approximate surface area is 200 Å². The van der Waals surface area contributed by atoms with E-state index in [2.05, 4.69) is 0 Å². The molecule has 0 N–H and O–H groups in total. The van der Waals surface area contributed by atoms with Gasteiger partial charge in [-0.2, -0.15) is 0 Å². The third-order valence-corrected chi connectivity index (χ3v) is 4.44. The predicted octanol–water partition coefficient (Wildman–Crippen LogP) is 7.65. The maximum atomic E-state index is 11.9. The average molecular weight is 463 g/mol. The van der Waals surface area contributed by atoms with E-state index >= 15 is 0 Å². The molecule has 0 aliphatic rings. The summed E-state index contributed by atoms with van der Waals surface area (Å²) in [6.45, 7) is 10.7. The molecule has 0 aliphatic heterocycles. The summed E-state index contributed by atoms with van der Waals surface area (Å²) in [5.41, 5.74) is 2.69. The summed E-state index contributed by atoms with van der Waals surface area (Å²) in [5, 5.41) is 0. The fourth-order valence-electron chi connectivity index (χ4n) is 3.13. The van der Waals surface area contributed by atoms with Crippen LogP contribution in [0.4, 0.5) is 9.59 Å². The summed E-state index contributed by atoms with van der Waals surface area (Å²) >= 11 is 0. The zero-order valence-corrected chi connectivity index (χ0v) is 20.4. The maximum absolute atomic E-state index is 11.9. The normalized spacial score (nSPS) is 11.5. The van der Waals surface area contributed by atoms with Gasteiger partial charge in [-0.3, -0.25) is 0 Å². The van der Waals surface area contributed by atoms with E-state index in [-0.39, 0.29) is 0 Å². The van der Waals surface area contributed by atoms with Gasteiger partial charge in [0.1, 0.15) is 22.7 Å². The van der Waals surface area contributed by atoms with Crippen LogP contribution in [0.3, 0.4) is 0 Å². The van der Waals surface area contributed by atoms with Gasteiger partial charge in [-0.25, -0.2) is 9.59 Å². The highest BCUT2D eigenvalue weighted by molar-refractivity contribution is 5.84. The van der Waals surface area contributed by atoms with E-state index < -0.39 is 23.5 Å². The zero-order valence-electron chi connectivity index (χ0n) is 20.4. The lowest BCUT2D eigenvalue weighted by atomic mass is 9.94. The van der Waals surface area contributed by atoms with Crippen molar-refractivity contribution in [3.8, 4) is 33.8 Å². The molecule has 3 aromatic carbocycles. The highest BCUT2D eigenvalue weighted by Gasteiger charge is 2.19. The van der Waals surface area contributed by atoms with Crippen LogP contribution in [-0.2, 0) is 9.47 Å². The van der Waals surface area contributed by atoms with Gasteiger partial charge in [0.2, 0.25) is 0 Å². The number of carbonyl (C=O) groups excluding carboxylic acids is 2. The summed E-state index contributed by atoms with van der Waals surface area (Å²) in [7, 11) is 0. The van der Waals surface area contributed by atoms with E-state index in [9.17, 15) is 9.59 Å². The molecule has 178 valence electrons. The van der Waals surface area contributed by atoms with Crippen molar-refractivity contribution in [3.63, 3.8) is 0 Å². The molecule has 0 saturated heterocycles. The Morgan fingerprint density at radius 3 is 1.15 bits per heavy atom. The Bertz CT molecular complexity index is 1040. The zero-order chi connectivity index (χ0) is 24.9. The molecule has 34 heavy (non-hydrogen) atoms. The minimum Gasteiger partial charge on any atom is -0.428 e. The number of benzene rings is 3.